The number of hydrogen-bond acceptors (Lipinski definition) is 4. The van der Waals surface area contributed by atoms with Gasteiger partial charge in [0.05, 0.1) is 31.5 Å². The molecular formula is C14H23ClN4O2. The molecule has 1 aliphatic rings. The predicted octanol–water partition coefficient (Wildman–Crippen LogP) is -2.61. The zero-order valence-corrected chi connectivity index (χ0v) is 13.3. The van der Waals surface area contributed by atoms with Crippen LogP contribution in [0.2, 0.25) is 0 Å². The molecule has 1 aromatic rings. The molecule has 0 spiro atoms. The Labute approximate surface area is 131 Å². The molecule has 1 heterocycles. The van der Waals surface area contributed by atoms with E-state index in [9.17, 15) is 10.0 Å². The molecule has 0 bridgehead atoms. The third-order valence-electron chi connectivity index (χ3n) is 3.96. The minimum Gasteiger partial charge on any atom is -1.00 e. The maximum absolute atomic E-state index is 12.2. The summed E-state index contributed by atoms with van der Waals surface area (Å²) in [4.78, 5) is 14.5. The number of nitrogens with two attached hydrogens (primary N) is 1. The van der Waals surface area contributed by atoms with Crippen molar-refractivity contribution in [1.82, 2.24) is 4.90 Å². The van der Waals surface area contributed by atoms with E-state index in [1.54, 1.807) is 24.3 Å². The van der Waals surface area contributed by atoms with Crippen LogP contribution in [0, 0.1) is 0 Å². The van der Waals surface area contributed by atoms with Crippen molar-refractivity contribution in [2.45, 2.75) is 0 Å². The van der Waals surface area contributed by atoms with Crippen LogP contribution in [0.4, 0.5) is 11.4 Å². The third kappa shape index (κ3) is 4.31. The van der Waals surface area contributed by atoms with Gasteiger partial charge in [-0.1, -0.05) is 12.1 Å². The lowest BCUT2D eigenvalue weighted by Crippen LogP contribution is -3.00. The van der Waals surface area contributed by atoms with Crippen molar-refractivity contribution in [3.8, 4) is 0 Å². The van der Waals surface area contributed by atoms with Crippen LogP contribution in [0.25, 0.3) is 0 Å². The number of hydroxylamine groups is 1. The number of hydrogen-bond donors (Lipinski definition) is 2. The molecule has 2 rings (SSSR count). The second-order valence-corrected chi connectivity index (χ2v) is 5.79. The zero-order valence-electron chi connectivity index (χ0n) is 12.5. The van der Waals surface area contributed by atoms with Crippen molar-refractivity contribution in [2.24, 2.45) is 0 Å². The summed E-state index contributed by atoms with van der Waals surface area (Å²) in [6.07, 6.45) is 0. The van der Waals surface area contributed by atoms with Crippen molar-refractivity contribution in [3.63, 3.8) is 0 Å². The average molecular weight is 315 g/mol. The van der Waals surface area contributed by atoms with Crippen LogP contribution in [0.3, 0.4) is 0 Å². The van der Waals surface area contributed by atoms with Gasteiger partial charge in [-0.05, 0) is 19.2 Å². The Morgan fingerprint density at radius 1 is 1.38 bits per heavy atom. The van der Waals surface area contributed by atoms with Crippen LogP contribution in [0.1, 0.15) is 0 Å². The fourth-order valence-corrected chi connectivity index (χ4v) is 2.41. The summed E-state index contributed by atoms with van der Waals surface area (Å²) in [6, 6.07) is 6.81. The standard InChI is InChI=1S/C14H23N4O2.ClH/c1-16-7-9-18(2,10-8-16)11-14(19)17(20)13-6-4-3-5-12(13)15;/h3-6,20H,7-11,15H2,1-2H3;1H/q+1;/p-1. The van der Waals surface area contributed by atoms with Gasteiger partial charge in [0, 0.05) is 13.1 Å². The lowest BCUT2D eigenvalue weighted by molar-refractivity contribution is -0.906. The number of quaternary nitrogens is 1. The number of benzene rings is 1. The number of piperazine rings is 1. The highest BCUT2D eigenvalue weighted by atomic mass is 35.5. The molecule has 6 nitrogen and oxygen atoms in total. The number of rotatable bonds is 3. The van der Waals surface area contributed by atoms with Gasteiger partial charge in [0.25, 0.3) is 0 Å². The second kappa shape index (κ2) is 7.09. The normalized spacial score (nSPS) is 17.9. The van der Waals surface area contributed by atoms with Crippen LogP contribution in [0.5, 0.6) is 0 Å². The van der Waals surface area contributed by atoms with Crippen LogP contribution in [-0.2, 0) is 4.79 Å². The molecule has 1 saturated heterocycles. The van der Waals surface area contributed by atoms with Crippen LogP contribution >= 0.6 is 0 Å². The summed E-state index contributed by atoms with van der Waals surface area (Å²) in [5.74, 6) is -0.324. The van der Waals surface area contributed by atoms with Crippen LogP contribution in [-0.4, -0.2) is 67.3 Å². The molecular weight excluding hydrogens is 292 g/mol. The lowest BCUT2D eigenvalue weighted by Gasteiger charge is -2.40. The molecule has 21 heavy (non-hydrogen) atoms. The van der Waals surface area contributed by atoms with Gasteiger partial charge in [-0.3, -0.25) is 14.9 Å². The smallest absolute Gasteiger partial charge is 0.305 e. The van der Waals surface area contributed by atoms with Crippen LogP contribution < -0.4 is 23.2 Å². The first-order valence-electron chi connectivity index (χ1n) is 6.80. The Bertz CT molecular complexity index is 490. The fraction of sp³-hybridized carbons (Fsp3) is 0.500. The Hall–Kier alpha value is -1.34. The number of nitrogen functional groups attached to an aromatic ring is 1. The molecule has 0 unspecified atom stereocenters. The third-order valence-corrected chi connectivity index (χ3v) is 3.96. The maximum atomic E-state index is 12.2. The Morgan fingerprint density at radius 3 is 2.52 bits per heavy atom. The number of anilines is 2. The molecule has 7 heteroatoms. The maximum Gasteiger partial charge on any atom is 0.305 e. The van der Waals surface area contributed by atoms with E-state index in [0.29, 0.717) is 20.9 Å². The van der Waals surface area contributed by atoms with Gasteiger partial charge in [0.1, 0.15) is 0 Å². The number of carbonyl (C=O) groups is 1. The monoisotopic (exact) mass is 314 g/mol. The first kappa shape index (κ1) is 17.7. The number of carbonyl (C=O) groups excluding carboxylic acids is 1. The van der Waals surface area contributed by atoms with Crippen molar-refractivity contribution in [1.29, 1.82) is 0 Å². The zero-order chi connectivity index (χ0) is 14.8. The van der Waals surface area contributed by atoms with Crippen LogP contribution in [0.15, 0.2) is 24.3 Å². The summed E-state index contributed by atoms with van der Waals surface area (Å²) in [6.45, 7) is 4.00. The molecule has 0 aromatic heterocycles. The summed E-state index contributed by atoms with van der Waals surface area (Å²) in [5.41, 5.74) is 6.52. The van der Waals surface area contributed by atoms with Gasteiger partial charge >= 0.3 is 5.91 Å². The summed E-state index contributed by atoms with van der Waals surface area (Å²) in [5, 5.41) is 10.7. The van der Waals surface area contributed by atoms with Crippen molar-refractivity contribution < 1.29 is 26.9 Å². The highest BCUT2D eigenvalue weighted by molar-refractivity contribution is 5.94. The fourth-order valence-electron chi connectivity index (χ4n) is 2.41. The van der Waals surface area contributed by atoms with Gasteiger partial charge < -0.3 is 22.6 Å². The molecule has 1 fully saturated rings. The number of likely N-dealkylation sites (N-methyl/N-ethyl adjacent to an activating group) is 2. The summed E-state index contributed by atoms with van der Waals surface area (Å²) in [7, 11) is 4.13. The number of para-hydroxylation sites is 2. The molecule has 0 radical (unpaired) electrons. The van der Waals surface area contributed by atoms with E-state index in [1.165, 1.54) is 0 Å². The highest BCUT2D eigenvalue weighted by Gasteiger charge is 2.32. The minimum absolute atomic E-state index is 0. The van der Waals surface area contributed by atoms with E-state index >= 15 is 0 Å². The highest BCUT2D eigenvalue weighted by Crippen LogP contribution is 2.21. The molecule has 0 aliphatic carbocycles. The topological polar surface area (TPSA) is 69.8 Å². The second-order valence-electron chi connectivity index (χ2n) is 5.79. The van der Waals surface area contributed by atoms with E-state index in [-0.39, 0.29) is 24.9 Å². The van der Waals surface area contributed by atoms with Gasteiger partial charge in [0.15, 0.2) is 6.54 Å². The summed E-state index contributed by atoms with van der Waals surface area (Å²) < 4.78 is 0.646. The van der Waals surface area contributed by atoms with E-state index in [4.69, 9.17) is 5.73 Å². The van der Waals surface area contributed by atoms with E-state index < -0.39 is 0 Å². The van der Waals surface area contributed by atoms with Crippen molar-refractivity contribution in [2.75, 3.05) is 57.6 Å². The van der Waals surface area contributed by atoms with E-state index in [0.717, 1.165) is 26.2 Å². The molecule has 0 saturated carbocycles. The summed E-state index contributed by atoms with van der Waals surface area (Å²) >= 11 is 0. The first-order chi connectivity index (χ1) is 9.41. The molecule has 1 amide bonds. The average Bonchev–Trinajstić information content (AvgIpc) is 2.42. The molecule has 3 N–H and O–H groups in total. The number of amides is 1. The SMILES string of the molecule is CN1CC[N+](C)(CC(=O)N(O)c2ccccc2N)CC1.[Cl-]. The lowest BCUT2D eigenvalue weighted by atomic mass is 10.2. The largest absolute Gasteiger partial charge is 1.00 e. The van der Waals surface area contributed by atoms with Crippen molar-refractivity contribution >= 4 is 17.3 Å². The van der Waals surface area contributed by atoms with Gasteiger partial charge in [-0.15, -0.1) is 0 Å². The molecule has 0 atom stereocenters. The quantitative estimate of drug-likeness (QED) is 0.278. The van der Waals surface area contributed by atoms with Gasteiger partial charge in [-0.25, -0.2) is 0 Å². The Kier molecular flexibility index (Phi) is 5.98. The molecule has 1 aliphatic heterocycles. The van der Waals surface area contributed by atoms with Gasteiger partial charge in [0.2, 0.25) is 0 Å². The van der Waals surface area contributed by atoms with Crippen molar-refractivity contribution in [3.05, 3.63) is 24.3 Å². The first-order valence-corrected chi connectivity index (χ1v) is 6.80. The van der Waals surface area contributed by atoms with Gasteiger partial charge in [-0.2, -0.15) is 5.06 Å². The van der Waals surface area contributed by atoms with E-state index in [2.05, 4.69) is 11.9 Å². The van der Waals surface area contributed by atoms with E-state index in [1.807, 2.05) is 7.05 Å². The minimum atomic E-state index is -0.324. The Morgan fingerprint density at radius 2 is 1.95 bits per heavy atom. The predicted molar refractivity (Wildman–Crippen MR) is 78.4 cm³/mol. The molecule has 1 aromatic carbocycles. The number of nitrogens with zero attached hydrogens (tertiary/aromatic N) is 3. The number of halogens is 1. The Balaban J connectivity index is 0.00000220. The molecule has 118 valence electrons.